The van der Waals surface area contributed by atoms with Gasteiger partial charge in [-0.2, -0.15) is 17.6 Å². The van der Waals surface area contributed by atoms with E-state index in [9.17, 15) is 32.8 Å². The van der Waals surface area contributed by atoms with E-state index >= 15 is 0 Å². The van der Waals surface area contributed by atoms with Gasteiger partial charge in [-0.25, -0.2) is 4.39 Å². The highest BCUT2D eigenvalue weighted by molar-refractivity contribution is 7.89. The van der Waals surface area contributed by atoms with E-state index in [0.29, 0.717) is 4.09 Å². The molecule has 0 radical (unpaired) electrons. The summed E-state index contributed by atoms with van der Waals surface area (Å²) in [6, 6.07) is 5.59. The van der Waals surface area contributed by atoms with Crippen molar-refractivity contribution in [3.63, 3.8) is 0 Å². The Morgan fingerprint density at radius 3 is 2.64 bits per heavy atom. The van der Waals surface area contributed by atoms with Crippen molar-refractivity contribution in [2.45, 2.75) is 4.90 Å². The summed E-state index contributed by atoms with van der Waals surface area (Å²) in [7, 11) is -4.37. The molecular weight excluding hydrogens is 417 g/mol. The van der Waals surface area contributed by atoms with Crippen LogP contribution in [0.3, 0.4) is 0 Å². The molecule has 1 N–H and O–H groups in total. The molecule has 0 spiro atoms. The number of hydrogen-bond acceptors (Lipinski definition) is 7. The standard InChI is InChI=1S/C16H9ClFN3O6S/c17-13-3-2-11(6-14(13)21(24)25)28(26,27)20-8-9(7-19-20)16(23)12-5-10(18)1-4-15(12)22/h1-8,22H. The lowest BCUT2D eigenvalue weighted by atomic mass is 10.1. The van der Waals surface area contributed by atoms with Crippen LogP contribution < -0.4 is 0 Å². The molecule has 12 heteroatoms. The Bertz CT molecular complexity index is 1220. The maximum absolute atomic E-state index is 13.3. The predicted molar refractivity (Wildman–Crippen MR) is 94.4 cm³/mol. The molecule has 1 heterocycles. The van der Waals surface area contributed by atoms with E-state index in [0.717, 1.165) is 48.8 Å². The van der Waals surface area contributed by atoms with Gasteiger partial charge in [0.25, 0.3) is 15.7 Å². The van der Waals surface area contributed by atoms with Gasteiger partial charge in [0.2, 0.25) is 0 Å². The fraction of sp³-hybridized carbons (Fsp3) is 0. The number of hydrogen-bond donors (Lipinski definition) is 1. The zero-order valence-electron chi connectivity index (χ0n) is 13.6. The Hall–Kier alpha value is -3.31. The summed E-state index contributed by atoms with van der Waals surface area (Å²) in [5.74, 6) is -2.12. The molecule has 0 aliphatic carbocycles. The molecule has 1 aromatic heterocycles. The molecule has 0 fully saturated rings. The van der Waals surface area contributed by atoms with E-state index in [1.165, 1.54) is 0 Å². The van der Waals surface area contributed by atoms with E-state index < -0.39 is 42.9 Å². The Balaban J connectivity index is 2.01. The van der Waals surface area contributed by atoms with E-state index in [1.54, 1.807) is 0 Å². The van der Waals surface area contributed by atoms with Gasteiger partial charge in [0.05, 0.1) is 33.3 Å². The number of nitro groups is 1. The smallest absolute Gasteiger partial charge is 0.289 e. The second-order valence-electron chi connectivity index (χ2n) is 5.47. The number of ketones is 1. The van der Waals surface area contributed by atoms with Crippen LogP contribution in [0.4, 0.5) is 10.1 Å². The van der Waals surface area contributed by atoms with Crippen LogP contribution in [0.15, 0.2) is 53.7 Å². The number of benzene rings is 2. The Morgan fingerprint density at radius 2 is 1.96 bits per heavy atom. The number of rotatable bonds is 5. The lowest BCUT2D eigenvalue weighted by Gasteiger charge is -2.05. The highest BCUT2D eigenvalue weighted by Gasteiger charge is 2.25. The normalized spacial score (nSPS) is 11.4. The summed E-state index contributed by atoms with van der Waals surface area (Å²) >= 11 is 5.67. The number of aromatic nitrogens is 2. The molecule has 9 nitrogen and oxygen atoms in total. The van der Waals surface area contributed by atoms with Crippen LogP contribution >= 0.6 is 11.6 Å². The van der Waals surface area contributed by atoms with Gasteiger partial charge in [0.15, 0.2) is 5.78 Å². The molecule has 0 atom stereocenters. The maximum Gasteiger partial charge on any atom is 0.289 e. The van der Waals surface area contributed by atoms with Gasteiger partial charge in [0.1, 0.15) is 16.6 Å². The molecule has 0 amide bonds. The van der Waals surface area contributed by atoms with E-state index in [2.05, 4.69) is 5.10 Å². The minimum absolute atomic E-state index is 0.243. The average molecular weight is 426 g/mol. The summed E-state index contributed by atoms with van der Waals surface area (Å²) in [5.41, 5.74) is -1.23. The third kappa shape index (κ3) is 3.44. The summed E-state index contributed by atoms with van der Waals surface area (Å²) in [4.78, 5) is 22.0. The van der Waals surface area contributed by atoms with Gasteiger partial charge in [-0.15, -0.1) is 0 Å². The molecule has 3 rings (SSSR count). The van der Waals surface area contributed by atoms with E-state index in [-0.39, 0.29) is 16.1 Å². The molecule has 0 aliphatic rings. The summed E-state index contributed by atoms with van der Waals surface area (Å²) in [6.07, 6.45) is 1.76. The Morgan fingerprint density at radius 1 is 1.25 bits per heavy atom. The van der Waals surface area contributed by atoms with Crippen LogP contribution in [-0.4, -0.2) is 33.4 Å². The first-order chi connectivity index (χ1) is 13.1. The Kier molecular flexibility index (Phi) is 4.87. The third-order valence-corrected chi connectivity index (χ3v) is 5.55. The van der Waals surface area contributed by atoms with Gasteiger partial charge >= 0.3 is 0 Å². The number of phenolic OH excluding ortho intramolecular Hbond substituents is 1. The molecule has 144 valence electrons. The molecule has 3 aromatic rings. The van der Waals surface area contributed by atoms with Crippen LogP contribution in [-0.2, 0) is 10.0 Å². The van der Waals surface area contributed by atoms with E-state index in [1.807, 2.05) is 0 Å². The van der Waals surface area contributed by atoms with E-state index in [4.69, 9.17) is 11.6 Å². The number of halogens is 2. The van der Waals surface area contributed by atoms with Crippen molar-refractivity contribution in [1.29, 1.82) is 0 Å². The number of nitro benzene ring substituents is 1. The summed E-state index contributed by atoms with van der Waals surface area (Å²) < 4.78 is 39.0. The molecule has 0 aliphatic heterocycles. The predicted octanol–water partition coefficient (Wildman–Crippen LogP) is 2.76. The molecule has 2 aromatic carbocycles. The minimum atomic E-state index is -4.37. The monoisotopic (exact) mass is 425 g/mol. The second-order valence-corrected chi connectivity index (χ2v) is 7.67. The Labute approximate surface area is 161 Å². The number of nitrogens with zero attached hydrogens (tertiary/aromatic N) is 3. The first kappa shape index (κ1) is 19.5. The number of carbonyl (C=O) groups is 1. The molecule has 0 unspecified atom stereocenters. The van der Waals surface area contributed by atoms with Crippen molar-refractivity contribution in [3.8, 4) is 5.75 Å². The largest absolute Gasteiger partial charge is 0.507 e. The fourth-order valence-electron chi connectivity index (χ4n) is 2.30. The van der Waals surface area contributed by atoms with Gasteiger partial charge in [0, 0.05) is 6.07 Å². The van der Waals surface area contributed by atoms with Gasteiger partial charge in [-0.3, -0.25) is 14.9 Å². The van der Waals surface area contributed by atoms with Crippen LogP contribution in [0.5, 0.6) is 5.75 Å². The zero-order valence-corrected chi connectivity index (χ0v) is 15.2. The summed E-state index contributed by atoms with van der Waals surface area (Å²) in [6.45, 7) is 0. The van der Waals surface area contributed by atoms with Crippen LogP contribution in [0, 0.1) is 15.9 Å². The SMILES string of the molecule is O=C(c1cnn(S(=O)(=O)c2ccc(Cl)c([N+](=O)[O-])c2)c1)c1cc(F)ccc1O. The third-order valence-electron chi connectivity index (χ3n) is 3.68. The second kappa shape index (κ2) is 7.02. The zero-order chi connectivity index (χ0) is 20.6. The summed E-state index contributed by atoms with van der Waals surface area (Å²) in [5, 5.41) is 24.0. The van der Waals surface area contributed by atoms with Gasteiger partial charge in [-0.05, 0) is 30.3 Å². The lowest BCUT2D eigenvalue weighted by molar-refractivity contribution is -0.384. The maximum atomic E-state index is 13.3. The first-order valence-electron chi connectivity index (χ1n) is 7.38. The first-order valence-corrected chi connectivity index (χ1v) is 9.20. The number of carbonyl (C=O) groups excluding carboxylic acids is 1. The van der Waals surface area contributed by atoms with Crippen molar-refractivity contribution in [1.82, 2.24) is 9.19 Å². The van der Waals surface area contributed by atoms with Crippen LogP contribution in [0.1, 0.15) is 15.9 Å². The van der Waals surface area contributed by atoms with Crippen molar-refractivity contribution >= 4 is 33.1 Å². The number of phenols is 1. The number of aromatic hydroxyl groups is 1. The molecule has 0 bridgehead atoms. The highest BCUT2D eigenvalue weighted by atomic mass is 35.5. The van der Waals surface area contributed by atoms with Gasteiger partial charge < -0.3 is 5.11 Å². The molecule has 28 heavy (non-hydrogen) atoms. The molecule has 0 saturated heterocycles. The van der Waals surface area contributed by atoms with Crippen LogP contribution in [0.2, 0.25) is 5.02 Å². The van der Waals surface area contributed by atoms with Crippen molar-refractivity contribution in [2.75, 3.05) is 0 Å². The van der Waals surface area contributed by atoms with Crippen LogP contribution in [0.25, 0.3) is 0 Å². The topological polar surface area (TPSA) is 132 Å². The average Bonchev–Trinajstić information content (AvgIpc) is 3.14. The fourth-order valence-corrected chi connectivity index (χ4v) is 3.63. The van der Waals surface area contributed by atoms with Crippen molar-refractivity contribution in [3.05, 3.63) is 80.9 Å². The van der Waals surface area contributed by atoms with Crippen molar-refractivity contribution < 1.29 is 27.6 Å². The quantitative estimate of drug-likeness (QED) is 0.377. The highest BCUT2D eigenvalue weighted by Crippen LogP contribution is 2.28. The van der Waals surface area contributed by atoms with Gasteiger partial charge in [-0.1, -0.05) is 11.6 Å². The molecule has 0 saturated carbocycles. The molecular formula is C16H9ClFN3O6S. The lowest BCUT2D eigenvalue weighted by Crippen LogP contribution is -2.14. The van der Waals surface area contributed by atoms with Crippen molar-refractivity contribution in [2.24, 2.45) is 0 Å². The minimum Gasteiger partial charge on any atom is -0.507 e.